The van der Waals surface area contributed by atoms with Gasteiger partial charge < -0.3 is 15.4 Å². The molecule has 96 valence electrons. The summed E-state index contributed by atoms with van der Waals surface area (Å²) in [7, 11) is 0. The fraction of sp³-hybridized carbons (Fsp3) is 0.923. The molecule has 0 bridgehead atoms. The van der Waals surface area contributed by atoms with Gasteiger partial charge in [0.25, 0.3) is 0 Å². The third-order valence-corrected chi connectivity index (χ3v) is 4.65. The lowest BCUT2D eigenvalue weighted by Crippen LogP contribution is -2.57. The zero-order valence-electron chi connectivity index (χ0n) is 10.3. The predicted octanol–water partition coefficient (Wildman–Crippen LogP) is 0.814. The number of hydrogen-bond acceptors (Lipinski definition) is 3. The number of ether oxygens (including phenoxy) is 1. The fourth-order valence-corrected chi connectivity index (χ4v) is 3.53. The van der Waals surface area contributed by atoms with Crippen molar-refractivity contribution >= 4 is 5.91 Å². The summed E-state index contributed by atoms with van der Waals surface area (Å²) in [5.41, 5.74) is 0.102. The lowest BCUT2D eigenvalue weighted by atomic mass is 9.82. The van der Waals surface area contributed by atoms with Gasteiger partial charge in [-0.25, -0.2) is 0 Å². The first-order valence-electron chi connectivity index (χ1n) is 6.92. The van der Waals surface area contributed by atoms with Gasteiger partial charge in [-0.2, -0.15) is 0 Å². The molecule has 1 saturated carbocycles. The van der Waals surface area contributed by atoms with Crippen molar-refractivity contribution in [1.82, 2.24) is 10.6 Å². The van der Waals surface area contributed by atoms with Crippen LogP contribution in [0.25, 0.3) is 0 Å². The molecule has 4 heteroatoms. The number of fused-ring (bicyclic) bond motifs is 1. The van der Waals surface area contributed by atoms with Crippen molar-refractivity contribution in [2.75, 3.05) is 19.8 Å². The summed E-state index contributed by atoms with van der Waals surface area (Å²) in [6.07, 6.45) is 6.71. The van der Waals surface area contributed by atoms with Crippen LogP contribution in [-0.2, 0) is 9.53 Å². The molecule has 1 amide bonds. The minimum Gasteiger partial charge on any atom is -0.381 e. The highest BCUT2D eigenvalue weighted by Crippen LogP contribution is 2.31. The molecule has 2 aliphatic heterocycles. The van der Waals surface area contributed by atoms with Gasteiger partial charge in [-0.1, -0.05) is 12.8 Å². The van der Waals surface area contributed by atoms with E-state index in [1.165, 1.54) is 12.8 Å². The fourth-order valence-electron chi connectivity index (χ4n) is 3.53. The Labute approximate surface area is 102 Å². The Bertz CT molecular complexity index is 300. The van der Waals surface area contributed by atoms with Crippen molar-refractivity contribution in [1.29, 1.82) is 0 Å². The Morgan fingerprint density at radius 2 is 1.94 bits per heavy atom. The summed E-state index contributed by atoms with van der Waals surface area (Å²) in [6, 6.07) is 0.393. The van der Waals surface area contributed by atoms with Gasteiger partial charge in [0.1, 0.15) is 0 Å². The molecule has 3 rings (SSSR count). The summed E-state index contributed by atoms with van der Waals surface area (Å²) >= 11 is 0. The minimum absolute atomic E-state index is 0.102. The van der Waals surface area contributed by atoms with E-state index in [1.807, 2.05) is 0 Å². The standard InChI is InChI=1S/C13H22N2O2/c16-12-10-3-1-2-4-11(10)15-13(9-14-12)5-7-17-8-6-13/h10-11,15H,1-9H2,(H,14,16). The van der Waals surface area contributed by atoms with Crippen LogP contribution in [0.1, 0.15) is 38.5 Å². The Morgan fingerprint density at radius 3 is 2.76 bits per heavy atom. The largest absolute Gasteiger partial charge is 0.381 e. The molecule has 0 radical (unpaired) electrons. The van der Waals surface area contributed by atoms with E-state index < -0.39 is 0 Å². The topological polar surface area (TPSA) is 50.4 Å². The van der Waals surface area contributed by atoms with E-state index in [2.05, 4.69) is 10.6 Å². The van der Waals surface area contributed by atoms with Crippen LogP contribution in [0, 0.1) is 5.92 Å². The van der Waals surface area contributed by atoms with Crippen LogP contribution in [-0.4, -0.2) is 37.2 Å². The number of carbonyl (C=O) groups is 1. The Morgan fingerprint density at radius 1 is 1.18 bits per heavy atom. The molecule has 2 atom stereocenters. The summed E-state index contributed by atoms with van der Waals surface area (Å²) in [4.78, 5) is 12.1. The molecule has 0 aromatic heterocycles. The molecule has 17 heavy (non-hydrogen) atoms. The van der Waals surface area contributed by atoms with Gasteiger partial charge in [-0.15, -0.1) is 0 Å². The molecule has 0 aromatic carbocycles. The molecule has 2 unspecified atom stereocenters. The predicted molar refractivity (Wildman–Crippen MR) is 64.7 cm³/mol. The average Bonchev–Trinajstić information content (AvgIpc) is 2.50. The average molecular weight is 238 g/mol. The molecule has 2 heterocycles. The Hall–Kier alpha value is -0.610. The van der Waals surface area contributed by atoms with Crippen molar-refractivity contribution in [3.05, 3.63) is 0 Å². The molecule has 2 saturated heterocycles. The maximum atomic E-state index is 12.1. The van der Waals surface area contributed by atoms with Crippen LogP contribution < -0.4 is 10.6 Å². The van der Waals surface area contributed by atoms with Crippen molar-refractivity contribution in [2.24, 2.45) is 5.92 Å². The molecule has 2 N–H and O–H groups in total. The zero-order valence-corrected chi connectivity index (χ0v) is 10.3. The quantitative estimate of drug-likeness (QED) is 0.657. The normalized spacial score (nSPS) is 37.1. The zero-order chi connectivity index (χ0) is 11.7. The second-order valence-corrected chi connectivity index (χ2v) is 5.75. The van der Waals surface area contributed by atoms with Crippen LogP contribution in [0.3, 0.4) is 0 Å². The molecule has 1 aliphatic carbocycles. The van der Waals surface area contributed by atoms with Crippen LogP contribution >= 0.6 is 0 Å². The van der Waals surface area contributed by atoms with Crippen LogP contribution in [0.5, 0.6) is 0 Å². The van der Waals surface area contributed by atoms with Gasteiger partial charge in [-0.05, 0) is 25.7 Å². The highest BCUT2D eigenvalue weighted by atomic mass is 16.5. The van der Waals surface area contributed by atoms with E-state index in [4.69, 9.17) is 4.74 Å². The molecule has 0 aromatic rings. The molecule has 4 nitrogen and oxygen atoms in total. The Balaban J connectivity index is 1.78. The molecular formula is C13H22N2O2. The van der Waals surface area contributed by atoms with E-state index >= 15 is 0 Å². The number of hydrogen-bond donors (Lipinski definition) is 2. The van der Waals surface area contributed by atoms with E-state index in [0.717, 1.165) is 45.4 Å². The van der Waals surface area contributed by atoms with Gasteiger partial charge in [0.15, 0.2) is 0 Å². The van der Waals surface area contributed by atoms with Crippen LogP contribution in [0.2, 0.25) is 0 Å². The first-order valence-corrected chi connectivity index (χ1v) is 6.92. The summed E-state index contributed by atoms with van der Waals surface area (Å²) in [5.74, 6) is 0.469. The minimum atomic E-state index is 0.102. The van der Waals surface area contributed by atoms with Gasteiger partial charge in [0.2, 0.25) is 5.91 Å². The molecular weight excluding hydrogens is 216 g/mol. The van der Waals surface area contributed by atoms with Crippen LogP contribution in [0.4, 0.5) is 0 Å². The summed E-state index contributed by atoms with van der Waals surface area (Å²) in [6.45, 7) is 2.42. The second kappa shape index (κ2) is 4.58. The van der Waals surface area contributed by atoms with E-state index in [1.54, 1.807) is 0 Å². The van der Waals surface area contributed by atoms with Gasteiger partial charge in [0.05, 0.1) is 5.92 Å². The lowest BCUT2D eigenvalue weighted by molar-refractivity contribution is -0.126. The van der Waals surface area contributed by atoms with Gasteiger partial charge >= 0.3 is 0 Å². The highest BCUT2D eigenvalue weighted by molar-refractivity contribution is 5.80. The van der Waals surface area contributed by atoms with E-state index in [-0.39, 0.29) is 17.4 Å². The Kier molecular flexibility index (Phi) is 3.09. The highest BCUT2D eigenvalue weighted by Gasteiger charge is 2.42. The summed E-state index contributed by atoms with van der Waals surface area (Å²) in [5, 5.41) is 6.95. The first-order chi connectivity index (χ1) is 8.29. The van der Waals surface area contributed by atoms with Crippen molar-refractivity contribution in [3.8, 4) is 0 Å². The smallest absolute Gasteiger partial charge is 0.224 e. The maximum absolute atomic E-state index is 12.1. The second-order valence-electron chi connectivity index (χ2n) is 5.75. The molecule has 1 spiro atoms. The number of amides is 1. The third kappa shape index (κ3) is 2.20. The van der Waals surface area contributed by atoms with Crippen LogP contribution in [0.15, 0.2) is 0 Å². The number of nitrogens with one attached hydrogen (secondary N) is 2. The number of rotatable bonds is 0. The third-order valence-electron chi connectivity index (χ3n) is 4.65. The summed E-state index contributed by atoms with van der Waals surface area (Å²) < 4.78 is 5.45. The van der Waals surface area contributed by atoms with Crippen molar-refractivity contribution in [3.63, 3.8) is 0 Å². The van der Waals surface area contributed by atoms with E-state index in [9.17, 15) is 4.79 Å². The lowest BCUT2D eigenvalue weighted by Gasteiger charge is -2.40. The SMILES string of the molecule is O=C1NCC2(CCOCC2)NC2CCCCC12. The first kappa shape index (κ1) is 11.5. The molecule has 3 fully saturated rings. The van der Waals surface area contributed by atoms with Crippen molar-refractivity contribution < 1.29 is 9.53 Å². The molecule has 3 aliphatic rings. The van der Waals surface area contributed by atoms with Crippen molar-refractivity contribution in [2.45, 2.75) is 50.1 Å². The monoisotopic (exact) mass is 238 g/mol. The maximum Gasteiger partial charge on any atom is 0.224 e. The van der Waals surface area contributed by atoms with Gasteiger partial charge in [0, 0.05) is 31.3 Å². The van der Waals surface area contributed by atoms with E-state index in [0.29, 0.717) is 6.04 Å². The van der Waals surface area contributed by atoms with Gasteiger partial charge in [-0.3, -0.25) is 4.79 Å². The number of carbonyl (C=O) groups excluding carboxylic acids is 1.